The second kappa shape index (κ2) is 7.45. The van der Waals surface area contributed by atoms with Gasteiger partial charge in [0.15, 0.2) is 0 Å². The molecule has 1 aliphatic rings. The van der Waals surface area contributed by atoms with Crippen molar-refractivity contribution >= 4 is 23.2 Å². The van der Waals surface area contributed by atoms with Crippen LogP contribution in [0.5, 0.6) is 0 Å². The van der Waals surface area contributed by atoms with Gasteiger partial charge in [-0.2, -0.15) is 0 Å². The molecule has 1 atom stereocenters. The molecule has 0 bridgehead atoms. The van der Waals surface area contributed by atoms with E-state index in [-0.39, 0.29) is 12.1 Å². The Labute approximate surface area is 164 Å². The van der Waals surface area contributed by atoms with Crippen LogP contribution in [0.4, 0.5) is 5.69 Å². The lowest BCUT2D eigenvalue weighted by Crippen LogP contribution is -2.32. The van der Waals surface area contributed by atoms with Crippen molar-refractivity contribution < 1.29 is 4.79 Å². The Morgan fingerprint density at radius 1 is 0.963 bits per heavy atom. The third-order valence-electron chi connectivity index (χ3n) is 5.02. The first kappa shape index (κ1) is 17.6. The maximum Gasteiger partial charge on any atom is 0.256 e. The van der Waals surface area contributed by atoms with Crippen molar-refractivity contribution in [3.63, 3.8) is 0 Å². The monoisotopic (exact) mass is 376 g/mol. The number of nitrogens with one attached hydrogen (secondary N) is 1. The van der Waals surface area contributed by atoms with Gasteiger partial charge in [0.1, 0.15) is 6.17 Å². The molecule has 1 heterocycles. The highest BCUT2D eigenvalue weighted by atomic mass is 35.5. The van der Waals surface area contributed by atoms with E-state index in [1.165, 1.54) is 5.56 Å². The van der Waals surface area contributed by atoms with Crippen molar-refractivity contribution in [3.8, 4) is 0 Å². The van der Waals surface area contributed by atoms with Gasteiger partial charge in [0.05, 0.1) is 0 Å². The van der Waals surface area contributed by atoms with E-state index in [1.807, 2.05) is 53.4 Å². The highest BCUT2D eigenvalue weighted by molar-refractivity contribution is 6.31. The highest BCUT2D eigenvalue weighted by Crippen LogP contribution is 2.36. The number of hydrogen-bond donors (Lipinski definition) is 1. The quantitative estimate of drug-likeness (QED) is 0.622. The molecule has 27 heavy (non-hydrogen) atoms. The molecule has 0 aromatic heterocycles. The number of anilines is 1. The summed E-state index contributed by atoms with van der Waals surface area (Å²) in [4.78, 5) is 14.9. The molecular formula is C23H21ClN2O. The fourth-order valence-corrected chi connectivity index (χ4v) is 3.69. The molecule has 3 aromatic carbocycles. The smallest absolute Gasteiger partial charge is 0.256 e. The summed E-state index contributed by atoms with van der Waals surface area (Å²) >= 11 is 6.34. The molecule has 0 saturated carbocycles. The minimum atomic E-state index is -0.225. The van der Waals surface area contributed by atoms with E-state index in [9.17, 15) is 4.79 Å². The lowest BCUT2D eigenvalue weighted by atomic mass is 10.1. The number of rotatable bonds is 5. The molecule has 0 radical (unpaired) electrons. The summed E-state index contributed by atoms with van der Waals surface area (Å²) in [6.07, 6.45) is 0.779. The van der Waals surface area contributed by atoms with E-state index in [4.69, 9.17) is 11.6 Å². The fourth-order valence-electron chi connectivity index (χ4n) is 3.49. The van der Waals surface area contributed by atoms with Crippen molar-refractivity contribution in [3.05, 3.63) is 100 Å². The van der Waals surface area contributed by atoms with Crippen molar-refractivity contribution in [2.45, 2.75) is 26.1 Å². The van der Waals surface area contributed by atoms with Gasteiger partial charge >= 0.3 is 0 Å². The number of hydrogen-bond acceptors (Lipinski definition) is 2. The number of nitrogens with zero attached hydrogens (tertiary/aromatic N) is 1. The molecule has 3 nitrogen and oxygen atoms in total. The van der Waals surface area contributed by atoms with Gasteiger partial charge in [0.2, 0.25) is 0 Å². The SMILES string of the molecule is CCc1ccc(N[C@@H]2c3ccccc3C(=O)N2Cc2ccccc2Cl)cc1. The molecule has 0 unspecified atom stereocenters. The minimum absolute atomic E-state index is 0.0215. The molecule has 0 saturated heterocycles. The number of benzene rings is 3. The third-order valence-corrected chi connectivity index (χ3v) is 5.39. The summed E-state index contributed by atoms with van der Waals surface area (Å²) in [6.45, 7) is 2.59. The van der Waals surface area contributed by atoms with E-state index < -0.39 is 0 Å². The molecular weight excluding hydrogens is 356 g/mol. The summed E-state index contributed by atoms with van der Waals surface area (Å²) in [5, 5.41) is 4.20. The largest absolute Gasteiger partial charge is 0.361 e. The van der Waals surface area contributed by atoms with Crippen LogP contribution in [-0.4, -0.2) is 10.8 Å². The van der Waals surface area contributed by atoms with Crippen LogP contribution >= 0.6 is 11.6 Å². The van der Waals surface area contributed by atoms with Gasteiger partial charge in [-0.15, -0.1) is 0 Å². The Hall–Kier alpha value is -2.78. The van der Waals surface area contributed by atoms with E-state index >= 15 is 0 Å². The van der Waals surface area contributed by atoms with Crippen LogP contribution < -0.4 is 5.32 Å². The van der Waals surface area contributed by atoms with Gasteiger partial charge in [-0.3, -0.25) is 4.79 Å². The van der Waals surface area contributed by atoms with Gasteiger partial charge in [-0.25, -0.2) is 0 Å². The molecule has 0 aliphatic carbocycles. The van der Waals surface area contributed by atoms with Crippen LogP contribution in [0.2, 0.25) is 5.02 Å². The first-order chi connectivity index (χ1) is 13.2. The molecule has 1 N–H and O–H groups in total. The van der Waals surface area contributed by atoms with Crippen LogP contribution in [-0.2, 0) is 13.0 Å². The van der Waals surface area contributed by atoms with Crippen LogP contribution in [0.1, 0.15) is 40.1 Å². The molecule has 0 spiro atoms. The molecule has 1 amide bonds. The fraction of sp³-hybridized carbons (Fsp3) is 0.174. The standard InChI is InChI=1S/C23H21ClN2O/c1-2-16-11-13-18(14-12-16)25-22-19-8-4-5-9-20(19)23(27)26(22)15-17-7-3-6-10-21(17)24/h3-14,22,25H,2,15H2,1H3/t22-/m0/s1. The van der Waals surface area contributed by atoms with E-state index in [2.05, 4.69) is 36.5 Å². The van der Waals surface area contributed by atoms with E-state index in [0.717, 1.165) is 28.8 Å². The van der Waals surface area contributed by atoms with Gasteiger partial charge in [-0.05, 0) is 41.8 Å². The summed E-state index contributed by atoms with van der Waals surface area (Å²) in [7, 11) is 0. The summed E-state index contributed by atoms with van der Waals surface area (Å²) < 4.78 is 0. The second-order valence-electron chi connectivity index (χ2n) is 6.71. The Morgan fingerprint density at radius 2 is 1.67 bits per heavy atom. The predicted octanol–water partition coefficient (Wildman–Crippen LogP) is 5.67. The zero-order chi connectivity index (χ0) is 18.8. The summed E-state index contributed by atoms with van der Waals surface area (Å²) in [5.41, 5.74) is 4.96. The van der Waals surface area contributed by atoms with Crippen molar-refractivity contribution in [1.82, 2.24) is 4.90 Å². The average Bonchev–Trinajstić information content (AvgIpc) is 2.96. The number of carbonyl (C=O) groups is 1. The van der Waals surface area contributed by atoms with Gasteiger partial charge in [0.25, 0.3) is 5.91 Å². The highest BCUT2D eigenvalue weighted by Gasteiger charge is 2.36. The maximum absolute atomic E-state index is 13.1. The topological polar surface area (TPSA) is 32.3 Å². The molecule has 136 valence electrons. The zero-order valence-corrected chi connectivity index (χ0v) is 15.9. The lowest BCUT2D eigenvalue weighted by molar-refractivity contribution is 0.0729. The third kappa shape index (κ3) is 3.43. The first-order valence-electron chi connectivity index (χ1n) is 9.16. The summed E-state index contributed by atoms with van der Waals surface area (Å²) in [5.74, 6) is 0.0215. The normalized spacial score (nSPS) is 15.7. The Balaban J connectivity index is 1.67. The van der Waals surface area contributed by atoms with Gasteiger partial charge < -0.3 is 10.2 Å². The average molecular weight is 377 g/mol. The van der Waals surface area contributed by atoms with E-state index in [1.54, 1.807) is 0 Å². The second-order valence-corrected chi connectivity index (χ2v) is 7.12. The van der Waals surface area contributed by atoms with Crippen LogP contribution in [0.15, 0.2) is 72.8 Å². The maximum atomic E-state index is 13.1. The molecule has 0 fully saturated rings. The van der Waals surface area contributed by atoms with Crippen molar-refractivity contribution in [2.24, 2.45) is 0 Å². The van der Waals surface area contributed by atoms with Gasteiger partial charge in [-0.1, -0.05) is 67.1 Å². The zero-order valence-electron chi connectivity index (χ0n) is 15.2. The Morgan fingerprint density at radius 3 is 2.41 bits per heavy atom. The number of carbonyl (C=O) groups excluding carboxylic acids is 1. The number of fused-ring (bicyclic) bond motifs is 1. The number of halogens is 1. The van der Waals surface area contributed by atoms with Gasteiger partial charge in [0, 0.05) is 28.4 Å². The lowest BCUT2D eigenvalue weighted by Gasteiger charge is -2.27. The molecule has 3 aromatic rings. The number of aryl methyl sites for hydroxylation is 1. The first-order valence-corrected chi connectivity index (χ1v) is 9.54. The predicted molar refractivity (Wildman–Crippen MR) is 110 cm³/mol. The minimum Gasteiger partial charge on any atom is -0.361 e. The Kier molecular flexibility index (Phi) is 4.87. The van der Waals surface area contributed by atoms with Crippen molar-refractivity contribution in [2.75, 3.05) is 5.32 Å². The Bertz CT molecular complexity index is 968. The van der Waals surface area contributed by atoms with Crippen LogP contribution in [0.25, 0.3) is 0 Å². The van der Waals surface area contributed by atoms with Crippen molar-refractivity contribution in [1.29, 1.82) is 0 Å². The van der Waals surface area contributed by atoms with E-state index in [0.29, 0.717) is 11.6 Å². The number of amides is 1. The van der Waals surface area contributed by atoms with Crippen LogP contribution in [0.3, 0.4) is 0 Å². The molecule has 4 rings (SSSR count). The molecule has 1 aliphatic heterocycles. The van der Waals surface area contributed by atoms with Crippen LogP contribution in [0, 0.1) is 0 Å². The molecule has 4 heteroatoms. The summed E-state index contributed by atoms with van der Waals surface area (Å²) in [6, 6.07) is 23.8.